The molecule has 80 valence electrons. The molecule has 2 N–H and O–H groups in total. The summed E-state index contributed by atoms with van der Waals surface area (Å²) in [6.07, 6.45) is -0.591. The van der Waals surface area contributed by atoms with Crippen LogP contribution in [0.25, 0.3) is 0 Å². The third-order valence-corrected chi connectivity index (χ3v) is 2.26. The summed E-state index contributed by atoms with van der Waals surface area (Å²) in [4.78, 5) is 10.6. The first-order chi connectivity index (χ1) is 7.27. The van der Waals surface area contributed by atoms with E-state index in [1.807, 2.05) is 30.3 Å². The van der Waals surface area contributed by atoms with Gasteiger partial charge in [0.15, 0.2) is 6.10 Å². The highest BCUT2D eigenvalue weighted by molar-refractivity contribution is 5.81. The number of carbonyl (C=O) groups excluding carboxylic acids is 1. The quantitative estimate of drug-likeness (QED) is 0.713. The molecule has 1 aliphatic rings. The molecule has 1 aromatic rings. The minimum Gasteiger partial charge on any atom is -0.374 e. The van der Waals surface area contributed by atoms with E-state index >= 15 is 0 Å². The molecule has 1 fully saturated rings. The van der Waals surface area contributed by atoms with E-state index in [1.54, 1.807) is 0 Å². The highest BCUT2D eigenvalue weighted by Gasteiger charge is 2.43. The molecule has 1 aliphatic heterocycles. The van der Waals surface area contributed by atoms with Gasteiger partial charge in [0.2, 0.25) is 5.91 Å². The van der Waals surface area contributed by atoms with Crippen LogP contribution in [0.4, 0.5) is 0 Å². The third kappa shape index (κ3) is 2.78. The molecule has 2 atom stereocenters. The van der Waals surface area contributed by atoms with Gasteiger partial charge in [-0.25, -0.2) is 0 Å². The molecule has 0 saturated carbocycles. The van der Waals surface area contributed by atoms with Crippen LogP contribution in [0.1, 0.15) is 5.56 Å². The Bertz CT molecular complexity index is 339. The van der Waals surface area contributed by atoms with Gasteiger partial charge in [0.05, 0.1) is 13.2 Å². The van der Waals surface area contributed by atoms with Gasteiger partial charge in [-0.2, -0.15) is 0 Å². The Balaban J connectivity index is 1.67. The van der Waals surface area contributed by atoms with Crippen LogP contribution in [-0.2, 0) is 20.9 Å². The van der Waals surface area contributed by atoms with Gasteiger partial charge in [-0.15, -0.1) is 0 Å². The Morgan fingerprint density at radius 1 is 1.40 bits per heavy atom. The molecule has 15 heavy (non-hydrogen) atoms. The second-order valence-corrected chi connectivity index (χ2v) is 3.50. The molecule has 0 aromatic heterocycles. The Hall–Kier alpha value is -1.39. The van der Waals surface area contributed by atoms with Crippen LogP contribution in [0, 0.1) is 0 Å². The molecule has 1 unspecified atom stereocenters. The second kappa shape index (κ2) is 4.42. The van der Waals surface area contributed by atoms with Crippen molar-refractivity contribution < 1.29 is 14.3 Å². The number of nitrogens with two attached hydrogens (primary N) is 1. The molecule has 1 amide bonds. The number of benzene rings is 1. The van der Waals surface area contributed by atoms with Crippen LogP contribution in [0.3, 0.4) is 0 Å². The van der Waals surface area contributed by atoms with E-state index in [2.05, 4.69) is 0 Å². The Labute approximate surface area is 88.0 Å². The van der Waals surface area contributed by atoms with E-state index in [0.717, 1.165) is 5.56 Å². The number of hydrogen-bond donors (Lipinski definition) is 1. The van der Waals surface area contributed by atoms with Crippen molar-refractivity contribution in [3.8, 4) is 0 Å². The Kier molecular flexibility index (Phi) is 2.99. The SMILES string of the molecule is NC(=O)[C@H]1OC1COCc1ccccc1. The normalized spacial score (nSPS) is 23.7. The lowest BCUT2D eigenvalue weighted by Gasteiger charge is -2.01. The van der Waals surface area contributed by atoms with Crippen LogP contribution in [0.5, 0.6) is 0 Å². The number of rotatable bonds is 5. The van der Waals surface area contributed by atoms with Gasteiger partial charge < -0.3 is 15.2 Å². The van der Waals surface area contributed by atoms with E-state index in [4.69, 9.17) is 15.2 Å². The van der Waals surface area contributed by atoms with Crippen molar-refractivity contribution in [2.45, 2.75) is 18.8 Å². The molecular weight excluding hydrogens is 194 g/mol. The molecule has 1 aromatic carbocycles. The Morgan fingerprint density at radius 2 is 2.13 bits per heavy atom. The maximum Gasteiger partial charge on any atom is 0.249 e. The summed E-state index contributed by atoms with van der Waals surface area (Å²) in [5, 5.41) is 0. The number of carbonyl (C=O) groups is 1. The van der Waals surface area contributed by atoms with Crippen molar-refractivity contribution >= 4 is 5.91 Å². The van der Waals surface area contributed by atoms with E-state index in [9.17, 15) is 4.79 Å². The second-order valence-electron chi connectivity index (χ2n) is 3.50. The van der Waals surface area contributed by atoms with Gasteiger partial charge in [-0.3, -0.25) is 4.79 Å². The van der Waals surface area contributed by atoms with Gasteiger partial charge in [0.1, 0.15) is 6.10 Å². The van der Waals surface area contributed by atoms with Crippen molar-refractivity contribution in [1.29, 1.82) is 0 Å². The predicted molar refractivity (Wildman–Crippen MR) is 54.0 cm³/mol. The third-order valence-electron chi connectivity index (χ3n) is 2.26. The molecule has 1 heterocycles. The topological polar surface area (TPSA) is 64.9 Å². The van der Waals surface area contributed by atoms with E-state index in [0.29, 0.717) is 13.2 Å². The van der Waals surface area contributed by atoms with Crippen LogP contribution in [-0.4, -0.2) is 24.7 Å². The zero-order chi connectivity index (χ0) is 10.7. The molecule has 4 heteroatoms. The largest absolute Gasteiger partial charge is 0.374 e. The fourth-order valence-corrected chi connectivity index (χ4v) is 1.39. The predicted octanol–water partition coefficient (Wildman–Crippen LogP) is 0.456. The summed E-state index contributed by atoms with van der Waals surface area (Å²) < 4.78 is 10.4. The number of primary amides is 1. The lowest BCUT2D eigenvalue weighted by atomic mass is 10.2. The molecule has 4 nitrogen and oxygen atoms in total. The zero-order valence-corrected chi connectivity index (χ0v) is 8.26. The molecule has 0 bridgehead atoms. The van der Waals surface area contributed by atoms with Crippen LogP contribution >= 0.6 is 0 Å². The smallest absolute Gasteiger partial charge is 0.249 e. The minimum atomic E-state index is -0.444. The lowest BCUT2D eigenvalue weighted by molar-refractivity contribution is -0.119. The molecule has 0 radical (unpaired) electrons. The van der Waals surface area contributed by atoms with Gasteiger partial charge in [-0.1, -0.05) is 30.3 Å². The number of ether oxygens (including phenoxy) is 2. The van der Waals surface area contributed by atoms with Gasteiger partial charge in [0, 0.05) is 0 Å². The average molecular weight is 207 g/mol. The van der Waals surface area contributed by atoms with Gasteiger partial charge in [0.25, 0.3) is 0 Å². The van der Waals surface area contributed by atoms with E-state index in [1.165, 1.54) is 0 Å². The number of epoxide rings is 1. The average Bonchev–Trinajstić information content (AvgIpc) is 2.99. The number of hydrogen-bond acceptors (Lipinski definition) is 3. The molecule has 1 saturated heterocycles. The summed E-state index contributed by atoms with van der Waals surface area (Å²) in [6, 6.07) is 9.84. The molecule has 0 spiro atoms. The maximum absolute atomic E-state index is 10.6. The van der Waals surface area contributed by atoms with E-state index < -0.39 is 12.0 Å². The molecular formula is C11H13NO3. The summed E-state index contributed by atoms with van der Waals surface area (Å²) in [6.45, 7) is 0.953. The van der Waals surface area contributed by atoms with Crippen molar-refractivity contribution in [3.05, 3.63) is 35.9 Å². The fourth-order valence-electron chi connectivity index (χ4n) is 1.39. The summed E-state index contributed by atoms with van der Waals surface area (Å²) in [5.41, 5.74) is 6.16. The number of amides is 1. The summed E-state index contributed by atoms with van der Waals surface area (Å²) >= 11 is 0. The van der Waals surface area contributed by atoms with Crippen molar-refractivity contribution in [1.82, 2.24) is 0 Å². The van der Waals surface area contributed by atoms with Crippen LogP contribution < -0.4 is 5.73 Å². The highest BCUT2D eigenvalue weighted by Crippen LogP contribution is 2.21. The standard InChI is InChI=1S/C11H13NO3/c12-11(13)10-9(15-10)7-14-6-8-4-2-1-3-5-8/h1-5,9-10H,6-7H2,(H2,12,13)/t9?,10-/m0/s1. The van der Waals surface area contributed by atoms with Crippen LogP contribution in [0.15, 0.2) is 30.3 Å². The first-order valence-corrected chi connectivity index (χ1v) is 4.84. The Morgan fingerprint density at radius 3 is 2.73 bits per heavy atom. The van der Waals surface area contributed by atoms with Gasteiger partial charge >= 0.3 is 0 Å². The summed E-state index contributed by atoms with van der Waals surface area (Å²) in [7, 11) is 0. The molecule has 0 aliphatic carbocycles. The first kappa shape index (κ1) is 10.1. The highest BCUT2D eigenvalue weighted by atomic mass is 16.6. The summed E-state index contributed by atoms with van der Waals surface area (Å²) in [5.74, 6) is -0.414. The van der Waals surface area contributed by atoms with Crippen molar-refractivity contribution in [2.24, 2.45) is 5.73 Å². The maximum atomic E-state index is 10.6. The molecule has 2 rings (SSSR count). The van der Waals surface area contributed by atoms with Gasteiger partial charge in [-0.05, 0) is 5.56 Å². The van der Waals surface area contributed by atoms with Crippen LogP contribution in [0.2, 0.25) is 0 Å². The minimum absolute atomic E-state index is 0.147. The zero-order valence-electron chi connectivity index (χ0n) is 8.26. The van der Waals surface area contributed by atoms with E-state index in [-0.39, 0.29) is 6.10 Å². The lowest BCUT2D eigenvalue weighted by Crippen LogP contribution is -2.21. The van der Waals surface area contributed by atoms with Crippen molar-refractivity contribution in [3.63, 3.8) is 0 Å². The fraction of sp³-hybridized carbons (Fsp3) is 0.364. The monoisotopic (exact) mass is 207 g/mol. The first-order valence-electron chi connectivity index (χ1n) is 4.84. The van der Waals surface area contributed by atoms with Crippen molar-refractivity contribution in [2.75, 3.05) is 6.61 Å².